The van der Waals surface area contributed by atoms with Gasteiger partial charge >= 0.3 is 0 Å². The summed E-state index contributed by atoms with van der Waals surface area (Å²) in [5.41, 5.74) is 1.19. The van der Waals surface area contributed by atoms with E-state index >= 15 is 0 Å². The number of rotatable bonds is 4. The van der Waals surface area contributed by atoms with Crippen molar-refractivity contribution in [3.05, 3.63) is 48.0 Å². The molecule has 5 nitrogen and oxygen atoms in total. The highest BCUT2D eigenvalue weighted by molar-refractivity contribution is 5.89. The van der Waals surface area contributed by atoms with Crippen molar-refractivity contribution in [1.29, 1.82) is 0 Å². The number of benzene rings is 2. The van der Waals surface area contributed by atoms with Crippen molar-refractivity contribution in [2.75, 3.05) is 27.2 Å². The first-order chi connectivity index (χ1) is 11.6. The zero-order valence-electron chi connectivity index (χ0n) is 14.2. The van der Waals surface area contributed by atoms with Gasteiger partial charge in [0.15, 0.2) is 0 Å². The summed E-state index contributed by atoms with van der Waals surface area (Å²) in [6.45, 7) is 2.04. The van der Waals surface area contributed by atoms with Gasteiger partial charge in [-0.05, 0) is 16.3 Å². The third kappa shape index (κ3) is 3.41. The quantitative estimate of drug-likeness (QED) is 0.929. The molecule has 1 aliphatic heterocycles. The molecule has 0 saturated carbocycles. The van der Waals surface area contributed by atoms with Gasteiger partial charge in [0.05, 0.1) is 12.5 Å². The minimum atomic E-state index is -0.410. The number of nitrogens with zero attached hydrogens (tertiary/aromatic N) is 2. The van der Waals surface area contributed by atoms with Gasteiger partial charge in [0, 0.05) is 33.7 Å². The van der Waals surface area contributed by atoms with Gasteiger partial charge in [-0.2, -0.15) is 0 Å². The summed E-state index contributed by atoms with van der Waals surface area (Å²) in [7, 11) is 3.44. The van der Waals surface area contributed by atoms with E-state index in [1.165, 1.54) is 21.2 Å². The van der Waals surface area contributed by atoms with Crippen LogP contribution in [0.25, 0.3) is 10.8 Å². The molecule has 0 radical (unpaired) electrons. The number of carbonyl (C=O) groups excluding carboxylic acids is 2. The third-order valence-corrected chi connectivity index (χ3v) is 4.56. The van der Waals surface area contributed by atoms with Crippen molar-refractivity contribution in [3.63, 3.8) is 0 Å². The fourth-order valence-electron chi connectivity index (χ4n) is 3.17. The SMILES string of the molecule is CN(C)C(=O)C[C@H]1C(=O)NCCN1Cc1cccc2ccccc12. The Hall–Kier alpha value is -2.40. The van der Waals surface area contributed by atoms with E-state index in [-0.39, 0.29) is 18.2 Å². The summed E-state index contributed by atoms with van der Waals surface area (Å²) in [6, 6.07) is 14.1. The highest BCUT2D eigenvalue weighted by Crippen LogP contribution is 2.22. The van der Waals surface area contributed by atoms with Crippen LogP contribution in [0, 0.1) is 0 Å². The first-order valence-electron chi connectivity index (χ1n) is 8.25. The van der Waals surface area contributed by atoms with Crippen LogP contribution in [0.3, 0.4) is 0 Å². The number of piperazine rings is 1. The van der Waals surface area contributed by atoms with E-state index in [4.69, 9.17) is 0 Å². The summed E-state index contributed by atoms with van der Waals surface area (Å²) in [4.78, 5) is 28.0. The summed E-state index contributed by atoms with van der Waals surface area (Å²) in [5, 5.41) is 5.27. The fourth-order valence-corrected chi connectivity index (χ4v) is 3.17. The topological polar surface area (TPSA) is 52.7 Å². The van der Waals surface area contributed by atoms with Crippen molar-refractivity contribution < 1.29 is 9.59 Å². The van der Waals surface area contributed by atoms with Crippen molar-refractivity contribution in [2.45, 2.75) is 19.0 Å². The monoisotopic (exact) mass is 325 g/mol. The Morgan fingerprint density at radius 3 is 2.75 bits per heavy atom. The van der Waals surface area contributed by atoms with Crippen LogP contribution in [0.15, 0.2) is 42.5 Å². The van der Waals surface area contributed by atoms with Gasteiger partial charge in [-0.25, -0.2) is 0 Å². The molecule has 1 fully saturated rings. The lowest BCUT2D eigenvalue weighted by atomic mass is 10.0. The second-order valence-corrected chi connectivity index (χ2v) is 6.41. The van der Waals surface area contributed by atoms with Crippen molar-refractivity contribution >= 4 is 22.6 Å². The Kier molecular flexibility index (Phi) is 4.81. The second-order valence-electron chi connectivity index (χ2n) is 6.41. The van der Waals surface area contributed by atoms with Gasteiger partial charge in [-0.1, -0.05) is 42.5 Å². The van der Waals surface area contributed by atoms with Crippen LogP contribution in [0.2, 0.25) is 0 Å². The zero-order valence-corrected chi connectivity index (χ0v) is 14.2. The first kappa shape index (κ1) is 16.5. The van der Waals surface area contributed by atoms with Gasteiger partial charge in [0.2, 0.25) is 11.8 Å². The number of carbonyl (C=O) groups is 2. The summed E-state index contributed by atoms with van der Waals surface area (Å²) < 4.78 is 0. The van der Waals surface area contributed by atoms with E-state index in [2.05, 4.69) is 34.5 Å². The Morgan fingerprint density at radius 1 is 1.21 bits per heavy atom. The molecule has 1 atom stereocenters. The van der Waals surface area contributed by atoms with Crippen LogP contribution in [-0.4, -0.2) is 54.8 Å². The molecule has 5 heteroatoms. The van der Waals surface area contributed by atoms with E-state index in [9.17, 15) is 9.59 Å². The standard InChI is InChI=1S/C19H23N3O2/c1-21(2)18(23)12-17-19(24)20-10-11-22(17)13-15-8-5-7-14-6-3-4-9-16(14)15/h3-9,17H,10-13H2,1-2H3,(H,20,24)/t17-/m0/s1. The maximum atomic E-state index is 12.3. The van der Waals surface area contributed by atoms with E-state index in [1.54, 1.807) is 14.1 Å². The van der Waals surface area contributed by atoms with Crippen LogP contribution in [0.5, 0.6) is 0 Å². The normalized spacial score (nSPS) is 18.4. The minimum Gasteiger partial charge on any atom is -0.353 e. The molecule has 1 heterocycles. The van der Waals surface area contributed by atoms with Gasteiger partial charge in [0.25, 0.3) is 0 Å². The molecule has 3 rings (SSSR count). The van der Waals surface area contributed by atoms with Crippen molar-refractivity contribution in [2.24, 2.45) is 0 Å². The molecule has 0 bridgehead atoms. The smallest absolute Gasteiger partial charge is 0.237 e. The summed E-state index contributed by atoms with van der Waals surface area (Å²) >= 11 is 0. The zero-order chi connectivity index (χ0) is 17.1. The maximum Gasteiger partial charge on any atom is 0.237 e. The highest BCUT2D eigenvalue weighted by atomic mass is 16.2. The van der Waals surface area contributed by atoms with Crippen LogP contribution >= 0.6 is 0 Å². The van der Waals surface area contributed by atoms with Crippen LogP contribution in [0.1, 0.15) is 12.0 Å². The summed E-state index contributed by atoms with van der Waals surface area (Å²) in [5.74, 6) is -0.0864. The molecule has 2 amide bonds. The Bertz CT molecular complexity index is 752. The average molecular weight is 325 g/mol. The number of nitrogens with one attached hydrogen (secondary N) is 1. The van der Waals surface area contributed by atoms with Gasteiger partial charge in [-0.15, -0.1) is 0 Å². The Morgan fingerprint density at radius 2 is 1.96 bits per heavy atom. The van der Waals surface area contributed by atoms with Crippen molar-refractivity contribution in [3.8, 4) is 0 Å². The number of hydrogen-bond acceptors (Lipinski definition) is 3. The first-order valence-corrected chi connectivity index (χ1v) is 8.25. The number of fused-ring (bicyclic) bond motifs is 1. The molecule has 0 spiro atoms. The summed E-state index contributed by atoms with van der Waals surface area (Å²) in [6.07, 6.45) is 0.212. The molecule has 126 valence electrons. The lowest BCUT2D eigenvalue weighted by Crippen LogP contribution is -2.56. The molecule has 2 aromatic carbocycles. The Balaban J connectivity index is 1.85. The Labute approximate surface area is 142 Å². The third-order valence-electron chi connectivity index (χ3n) is 4.56. The predicted octanol–water partition coefficient (Wildman–Crippen LogP) is 1.62. The molecule has 24 heavy (non-hydrogen) atoms. The van der Waals surface area contributed by atoms with Gasteiger partial charge in [0.1, 0.15) is 0 Å². The minimum absolute atomic E-state index is 0.0278. The van der Waals surface area contributed by atoms with Gasteiger partial charge < -0.3 is 10.2 Å². The lowest BCUT2D eigenvalue weighted by molar-refractivity contribution is -0.137. The van der Waals surface area contributed by atoms with Crippen molar-refractivity contribution in [1.82, 2.24) is 15.1 Å². The van der Waals surface area contributed by atoms with Crippen LogP contribution < -0.4 is 5.32 Å². The van der Waals surface area contributed by atoms with E-state index in [1.807, 2.05) is 18.2 Å². The second kappa shape index (κ2) is 7.01. The molecule has 1 saturated heterocycles. The predicted molar refractivity (Wildman–Crippen MR) is 94.5 cm³/mol. The molecular formula is C19H23N3O2. The molecule has 2 aromatic rings. The number of amides is 2. The fraction of sp³-hybridized carbons (Fsp3) is 0.368. The maximum absolute atomic E-state index is 12.3. The highest BCUT2D eigenvalue weighted by Gasteiger charge is 2.32. The van der Waals surface area contributed by atoms with E-state index < -0.39 is 6.04 Å². The molecule has 1 N–H and O–H groups in total. The van der Waals surface area contributed by atoms with Crippen LogP contribution in [-0.2, 0) is 16.1 Å². The number of hydrogen-bond donors (Lipinski definition) is 1. The molecule has 1 aliphatic rings. The van der Waals surface area contributed by atoms with Gasteiger partial charge in [-0.3, -0.25) is 14.5 Å². The molecular weight excluding hydrogens is 302 g/mol. The van der Waals surface area contributed by atoms with E-state index in [0.717, 1.165) is 6.54 Å². The lowest BCUT2D eigenvalue weighted by Gasteiger charge is -2.35. The molecule has 0 aliphatic carbocycles. The average Bonchev–Trinajstić information content (AvgIpc) is 2.58. The molecule has 0 aromatic heterocycles. The largest absolute Gasteiger partial charge is 0.353 e. The van der Waals surface area contributed by atoms with E-state index in [0.29, 0.717) is 13.1 Å². The van der Waals surface area contributed by atoms with Crippen LogP contribution in [0.4, 0.5) is 0 Å². The molecule has 0 unspecified atom stereocenters.